The number of hydrogen-bond donors (Lipinski definition) is 1. The van der Waals surface area contributed by atoms with E-state index in [4.69, 9.17) is 0 Å². The number of anilines is 1. The van der Waals surface area contributed by atoms with Gasteiger partial charge in [-0.15, -0.1) is 0 Å². The van der Waals surface area contributed by atoms with Crippen LogP contribution in [0.5, 0.6) is 0 Å². The van der Waals surface area contributed by atoms with Crippen molar-refractivity contribution in [2.45, 2.75) is 33.4 Å². The van der Waals surface area contributed by atoms with E-state index in [0.717, 1.165) is 6.54 Å². The Kier molecular flexibility index (Phi) is 4.09. The molecule has 0 aliphatic heterocycles. The molecule has 0 amide bonds. The minimum atomic E-state index is -0.267. The fourth-order valence-electron chi connectivity index (χ4n) is 1.79. The molecule has 0 unspecified atom stereocenters. The fraction of sp³-hybridized carbons (Fsp3) is 0.500. The van der Waals surface area contributed by atoms with E-state index in [9.17, 15) is 9.50 Å². The molecular weight excluding hydrogens is 193 g/mol. The quantitative estimate of drug-likeness (QED) is 0.827. The highest BCUT2D eigenvalue weighted by Crippen LogP contribution is 2.26. The maximum Gasteiger partial charge on any atom is 0.146 e. The second-order valence-electron chi connectivity index (χ2n) is 3.79. The van der Waals surface area contributed by atoms with Gasteiger partial charge in [0, 0.05) is 18.2 Å². The first-order valence-corrected chi connectivity index (χ1v) is 5.26. The summed E-state index contributed by atoms with van der Waals surface area (Å²) in [5.74, 6) is -0.267. The van der Waals surface area contributed by atoms with Gasteiger partial charge < -0.3 is 10.0 Å². The Morgan fingerprint density at radius 2 is 2.07 bits per heavy atom. The molecule has 0 aliphatic rings. The van der Waals surface area contributed by atoms with Gasteiger partial charge in [-0.3, -0.25) is 0 Å². The highest BCUT2D eigenvalue weighted by molar-refractivity contribution is 5.55. The standard InChI is InChI=1S/C12H18FNO/c1-4-14(9(2)3)12-10(8-15)6-5-7-11(12)13/h5-7,9,15H,4,8H2,1-3H3. The Labute approximate surface area is 90.3 Å². The lowest BCUT2D eigenvalue weighted by Gasteiger charge is -2.29. The summed E-state index contributed by atoms with van der Waals surface area (Å²) in [6, 6.07) is 5.03. The van der Waals surface area contributed by atoms with Crippen molar-refractivity contribution < 1.29 is 9.50 Å². The molecule has 0 saturated carbocycles. The van der Waals surface area contributed by atoms with Crippen molar-refractivity contribution in [3.63, 3.8) is 0 Å². The van der Waals surface area contributed by atoms with Gasteiger partial charge in [0.25, 0.3) is 0 Å². The first-order valence-electron chi connectivity index (χ1n) is 5.26. The summed E-state index contributed by atoms with van der Waals surface area (Å²) in [6.45, 7) is 6.60. The Hall–Kier alpha value is -1.09. The summed E-state index contributed by atoms with van der Waals surface area (Å²) in [4.78, 5) is 1.95. The molecule has 0 bridgehead atoms. The molecule has 1 aromatic carbocycles. The lowest BCUT2D eigenvalue weighted by molar-refractivity contribution is 0.281. The molecule has 15 heavy (non-hydrogen) atoms. The van der Waals surface area contributed by atoms with Crippen molar-refractivity contribution in [2.75, 3.05) is 11.4 Å². The molecule has 0 heterocycles. The van der Waals surface area contributed by atoms with Crippen molar-refractivity contribution in [3.8, 4) is 0 Å². The smallest absolute Gasteiger partial charge is 0.146 e. The summed E-state index contributed by atoms with van der Waals surface area (Å²) >= 11 is 0. The van der Waals surface area contributed by atoms with Crippen LogP contribution in [0.15, 0.2) is 18.2 Å². The van der Waals surface area contributed by atoms with Crippen LogP contribution in [-0.2, 0) is 6.61 Å². The number of hydrogen-bond acceptors (Lipinski definition) is 2. The maximum atomic E-state index is 13.7. The van der Waals surface area contributed by atoms with E-state index in [2.05, 4.69) is 0 Å². The number of nitrogens with zero attached hydrogens (tertiary/aromatic N) is 1. The van der Waals surface area contributed by atoms with Crippen LogP contribution < -0.4 is 4.90 Å². The van der Waals surface area contributed by atoms with Crippen molar-refractivity contribution in [1.82, 2.24) is 0 Å². The molecule has 1 rings (SSSR count). The summed E-state index contributed by atoms with van der Waals surface area (Å²) in [7, 11) is 0. The first kappa shape index (κ1) is 12.0. The van der Waals surface area contributed by atoms with Crippen LogP contribution in [0.3, 0.4) is 0 Å². The predicted octanol–water partition coefficient (Wildman–Crippen LogP) is 2.55. The van der Waals surface area contributed by atoms with Gasteiger partial charge in [0.15, 0.2) is 0 Å². The van der Waals surface area contributed by atoms with E-state index < -0.39 is 0 Å². The van der Waals surface area contributed by atoms with Crippen LogP contribution in [0.4, 0.5) is 10.1 Å². The number of aliphatic hydroxyl groups excluding tert-OH is 1. The summed E-state index contributed by atoms with van der Waals surface area (Å²) < 4.78 is 13.7. The van der Waals surface area contributed by atoms with Gasteiger partial charge in [-0.1, -0.05) is 12.1 Å². The van der Waals surface area contributed by atoms with E-state index in [1.54, 1.807) is 12.1 Å². The first-order chi connectivity index (χ1) is 7.11. The van der Waals surface area contributed by atoms with Crippen LogP contribution in [0.1, 0.15) is 26.3 Å². The molecule has 0 saturated heterocycles. The average molecular weight is 211 g/mol. The SMILES string of the molecule is CCN(c1c(F)cccc1CO)C(C)C. The minimum Gasteiger partial charge on any atom is -0.392 e. The number of para-hydroxylation sites is 1. The highest BCUT2D eigenvalue weighted by Gasteiger charge is 2.16. The van der Waals surface area contributed by atoms with E-state index in [-0.39, 0.29) is 18.5 Å². The monoisotopic (exact) mass is 211 g/mol. The van der Waals surface area contributed by atoms with Crippen molar-refractivity contribution in [1.29, 1.82) is 0 Å². The molecule has 0 aromatic heterocycles. The molecule has 0 radical (unpaired) electrons. The molecule has 0 atom stereocenters. The second-order valence-corrected chi connectivity index (χ2v) is 3.79. The van der Waals surface area contributed by atoms with Gasteiger partial charge in [-0.2, -0.15) is 0 Å². The third-order valence-electron chi connectivity index (χ3n) is 2.49. The normalized spacial score (nSPS) is 10.8. The van der Waals surface area contributed by atoms with Crippen molar-refractivity contribution in [3.05, 3.63) is 29.6 Å². The summed E-state index contributed by atoms with van der Waals surface area (Å²) in [5.41, 5.74) is 1.17. The fourth-order valence-corrected chi connectivity index (χ4v) is 1.79. The van der Waals surface area contributed by atoms with Gasteiger partial charge in [-0.25, -0.2) is 4.39 Å². The van der Waals surface area contributed by atoms with Gasteiger partial charge in [0.05, 0.1) is 12.3 Å². The molecule has 2 nitrogen and oxygen atoms in total. The van der Waals surface area contributed by atoms with E-state index in [1.807, 2.05) is 25.7 Å². The van der Waals surface area contributed by atoms with Crippen molar-refractivity contribution >= 4 is 5.69 Å². The average Bonchev–Trinajstić information content (AvgIpc) is 2.21. The third kappa shape index (κ3) is 2.48. The van der Waals surface area contributed by atoms with E-state index in [0.29, 0.717) is 11.3 Å². The highest BCUT2D eigenvalue weighted by atomic mass is 19.1. The number of rotatable bonds is 4. The van der Waals surface area contributed by atoms with E-state index in [1.165, 1.54) is 6.07 Å². The molecule has 84 valence electrons. The Morgan fingerprint density at radius 1 is 1.40 bits per heavy atom. The van der Waals surface area contributed by atoms with Crippen LogP contribution in [0.25, 0.3) is 0 Å². The molecular formula is C12H18FNO. The van der Waals surface area contributed by atoms with Crippen LogP contribution in [0, 0.1) is 5.82 Å². The second kappa shape index (κ2) is 5.12. The Morgan fingerprint density at radius 3 is 2.53 bits per heavy atom. The van der Waals surface area contributed by atoms with Gasteiger partial charge in [0.1, 0.15) is 5.82 Å². The Bertz CT molecular complexity index is 325. The van der Waals surface area contributed by atoms with Crippen LogP contribution >= 0.6 is 0 Å². The molecule has 0 aliphatic carbocycles. The van der Waals surface area contributed by atoms with Gasteiger partial charge >= 0.3 is 0 Å². The maximum absolute atomic E-state index is 13.7. The topological polar surface area (TPSA) is 23.5 Å². The molecule has 0 fully saturated rings. The van der Waals surface area contributed by atoms with Crippen molar-refractivity contribution in [2.24, 2.45) is 0 Å². The Balaban J connectivity index is 3.20. The van der Waals surface area contributed by atoms with Gasteiger partial charge in [-0.05, 0) is 26.8 Å². The number of benzene rings is 1. The largest absolute Gasteiger partial charge is 0.392 e. The third-order valence-corrected chi connectivity index (χ3v) is 2.49. The summed E-state index contributed by atoms with van der Waals surface area (Å²) in [6.07, 6.45) is 0. The summed E-state index contributed by atoms with van der Waals surface area (Å²) in [5, 5.41) is 9.18. The molecule has 3 heteroatoms. The van der Waals surface area contributed by atoms with Gasteiger partial charge in [0.2, 0.25) is 0 Å². The zero-order valence-electron chi connectivity index (χ0n) is 9.50. The lowest BCUT2D eigenvalue weighted by Crippen LogP contribution is -2.32. The predicted molar refractivity (Wildman–Crippen MR) is 60.5 cm³/mol. The minimum absolute atomic E-state index is 0.129. The molecule has 0 spiro atoms. The molecule has 1 N–H and O–H groups in total. The zero-order valence-corrected chi connectivity index (χ0v) is 9.50. The molecule has 1 aromatic rings. The van der Waals surface area contributed by atoms with Crippen LogP contribution in [0.2, 0.25) is 0 Å². The lowest BCUT2D eigenvalue weighted by atomic mass is 10.1. The van der Waals surface area contributed by atoms with E-state index >= 15 is 0 Å². The van der Waals surface area contributed by atoms with Crippen LogP contribution in [-0.4, -0.2) is 17.7 Å². The number of halogens is 1. The zero-order chi connectivity index (χ0) is 11.4. The number of aliphatic hydroxyl groups is 1.